The van der Waals surface area contributed by atoms with E-state index < -0.39 is 5.97 Å². The van der Waals surface area contributed by atoms with Crippen LogP contribution in [-0.4, -0.2) is 18.5 Å². The first-order chi connectivity index (χ1) is 13.9. The minimum Gasteiger partial charge on any atom is -0.462 e. The predicted molar refractivity (Wildman–Crippen MR) is 119 cm³/mol. The Hall–Kier alpha value is -2.63. The fraction of sp³-hybridized carbons (Fsp3) is 0.217. The lowest BCUT2D eigenvalue weighted by Crippen LogP contribution is -2.14. The Morgan fingerprint density at radius 2 is 1.72 bits per heavy atom. The van der Waals surface area contributed by atoms with Crippen molar-refractivity contribution in [2.45, 2.75) is 26.7 Å². The zero-order valence-corrected chi connectivity index (χ0v) is 18.1. The van der Waals surface area contributed by atoms with Crippen molar-refractivity contribution in [2.24, 2.45) is 0 Å². The Balaban J connectivity index is 1.96. The number of esters is 1. The average Bonchev–Trinajstić information content (AvgIpc) is 3.12. The van der Waals surface area contributed by atoms with Gasteiger partial charge >= 0.3 is 5.97 Å². The molecule has 0 aliphatic heterocycles. The van der Waals surface area contributed by atoms with Crippen LogP contribution in [0.2, 0.25) is 5.02 Å². The highest BCUT2D eigenvalue weighted by atomic mass is 35.5. The molecule has 2 aromatic carbocycles. The van der Waals surface area contributed by atoms with Gasteiger partial charge in [0.25, 0.3) is 5.91 Å². The van der Waals surface area contributed by atoms with E-state index in [9.17, 15) is 9.59 Å². The number of carbonyl (C=O) groups is 2. The highest BCUT2D eigenvalue weighted by molar-refractivity contribution is 7.15. The van der Waals surface area contributed by atoms with E-state index in [2.05, 4.69) is 31.3 Å². The molecule has 1 N–H and O–H groups in total. The molecule has 0 radical (unpaired) electrons. The van der Waals surface area contributed by atoms with E-state index in [0.717, 1.165) is 11.1 Å². The van der Waals surface area contributed by atoms with Gasteiger partial charge in [-0.25, -0.2) is 4.79 Å². The number of anilines is 1. The second-order valence-corrected chi connectivity index (χ2v) is 8.13. The van der Waals surface area contributed by atoms with Crippen molar-refractivity contribution >= 4 is 39.8 Å². The molecule has 0 bridgehead atoms. The number of amides is 1. The molecular weight excluding hydrogens is 406 g/mol. The van der Waals surface area contributed by atoms with E-state index in [4.69, 9.17) is 16.3 Å². The molecule has 4 nitrogen and oxygen atoms in total. The summed E-state index contributed by atoms with van der Waals surface area (Å²) in [4.78, 5) is 25.3. The van der Waals surface area contributed by atoms with Crippen LogP contribution >= 0.6 is 22.9 Å². The third kappa shape index (κ3) is 4.86. The third-order valence-electron chi connectivity index (χ3n) is 4.49. The van der Waals surface area contributed by atoms with Crippen LogP contribution in [0.1, 0.15) is 53.0 Å². The summed E-state index contributed by atoms with van der Waals surface area (Å²) in [7, 11) is 0. The normalized spacial score (nSPS) is 10.8. The number of hydrogen-bond donors (Lipinski definition) is 1. The molecular formula is C23H22ClNO3S. The number of thiophene rings is 1. The number of nitrogens with one attached hydrogen (secondary N) is 1. The monoisotopic (exact) mass is 427 g/mol. The molecule has 29 heavy (non-hydrogen) atoms. The van der Waals surface area contributed by atoms with Crippen molar-refractivity contribution < 1.29 is 14.3 Å². The topological polar surface area (TPSA) is 55.4 Å². The van der Waals surface area contributed by atoms with Gasteiger partial charge in [0.2, 0.25) is 0 Å². The zero-order valence-electron chi connectivity index (χ0n) is 16.5. The summed E-state index contributed by atoms with van der Waals surface area (Å²) < 4.78 is 5.25. The predicted octanol–water partition coefficient (Wildman–Crippen LogP) is 6.62. The molecule has 0 aliphatic carbocycles. The maximum absolute atomic E-state index is 12.7. The van der Waals surface area contributed by atoms with E-state index in [1.165, 1.54) is 16.9 Å². The average molecular weight is 428 g/mol. The van der Waals surface area contributed by atoms with Crippen LogP contribution in [0.5, 0.6) is 0 Å². The highest BCUT2D eigenvalue weighted by Gasteiger charge is 2.23. The molecule has 1 amide bonds. The van der Waals surface area contributed by atoms with E-state index >= 15 is 0 Å². The molecule has 1 aromatic heterocycles. The van der Waals surface area contributed by atoms with Crippen LogP contribution in [0, 0.1) is 0 Å². The Morgan fingerprint density at radius 3 is 2.31 bits per heavy atom. The number of benzene rings is 2. The SMILES string of the molecule is CCOC(=O)c1c(-c2ccc(C(C)C)cc2)csc1NC(=O)c1ccc(Cl)cc1. The summed E-state index contributed by atoms with van der Waals surface area (Å²) in [5.74, 6) is -0.343. The van der Waals surface area contributed by atoms with E-state index in [1.54, 1.807) is 31.2 Å². The Bertz CT molecular complexity index is 1010. The van der Waals surface area contributed by atoms with Crippen LogP contribution in [0.4, 0.5) is 5.00 Å². The molecule has 3 rings (SSSR count). The van der Waals surface area contributed by atoms with Crippen LogP contribution in [-0.2, 0) is 4.74 Å². The summed E-state index contributed by atoms with van der Waals surface area (Å²) >= 11 is 7.19. The minimum atomic E-state index is -0.455. The molecule has 0 aliphatic rings. The Labute approximate surface area is 179 Å². The number of ether oxygens (including phenoxy) is 1. The first kappa shape index (κ1) is 21.1. The summed E-state index contributed by atoms with van der Waals surface area (Å²) in [6, 6.07) is 14.7. The summed E-state index contributed by atoms with van der Waals surface area (Å²) in [5, 5.41) is 5.73. The van der Waals surface area contributed by atoms with Crippen molar-refractivity contribution in [3.05, 3.63) is 75.6 Å². The van der Waals surface area contributed by atoms with Crippen molar-refractivity contribution in [3.8, 4) is 11.1 Å². The fourth-order valence-corrected chi connectivity index (χ4v) is 3.97. The highest BCUT2D eigenvalue weighted by Crippen LogP contribution is 2.37. The van der Waals surface area contributed by atoms with Gasteiger partial charge in [-0.3, -0.25) is 4.79 Å². The molecule has 6 heteroatoms. The van der Waals surface area contributed by atoms with E-state index in [0.29, 0.717) is 27.1 Å². The number of rotatable bonds is 6. The van der Waals surface area contributed by atoms with E-state index in [-0.39, 0.29) is 12.5 Å². The van der Waals surface area contributed by atoms with Crippen LogP contribution in [0.3, 0.4) is 0 Å². The van der Waals surface area contributed by atoms with Gasteiger partial charge in [0.1, 0.15) is 10.6 Å². The molecule has 0 spiro atoms. The molecule has 0 atom stereocenters. The molecule has 3 aromatic rings. The van der Waals surface area contributed by atoms with Crippen LogP contribution < -0.4 is 5.32 Å². The second-order valence-electron chi connectivity index (χ2n) is 6.81. The second kappa shape index (κ2) is 9.25. The number of carbonyl (C=O) groups excluding carboxylic acids is 2. The Morgan fingerprint density at radius 1 is 1.07 bits per heavy atom. The molecule has 0 saturated heterocycles. The first-order valence-corrected chi connectivity index (χ1v) is 10.6. The van der Waals surface area contributed by atoms with Gasteiger partial charge in [-0.2, -0.15) is 0 Å². The maximum atomic E-state index is 12.7. The maximum Gasteiger partial charge on any atom is 0.341 e. The van der Waals surface area contributed by atoms with Crippen molar-refractivity contribution in [3.63, 3.8) is 0 Å². The largest absolute Gasteiger partial charge is 0.462 e. The molecule has 150 valence electrons. The van der Waals surface area contributed by atoms with Gasteiger partial charge < -0.3 is 10.1 Å². The van der Waals surface area contributed by atoms with Crippen LogP contribution in [0.25, 0.3) is 11.1 Å². The molecule has 1 heterocycles. The molecule has 0 fully saturated rings. The van der Waals surface area contributed by atoms with Crippen molar-refractivity contribution in [1.82, 2.24) is 0 Å². The van der Waals surface area contributed by atoms with Gasteiger partial charge in [-0.1, -0.05) is 49.7 Å². The summed E-state index contributed by atoms with van der Waals surface area (Å²) in [5.41, 5.74) is 3.70. The third-order valence-corrected chi connectivity index (χ3v) is 5.64. The van der Waals surface area contributed by atoms with Gasteiger partial charge in [0, 0.05) is 21.5 Å². The van der Waals surface area contributed by atoms with Gasteiger partial charge in [0.05, 0.1) is 6.61 Å². The van der Waals surface area contributed by atoms with Gasteiger partial charge in [-0.05, 0) is 48.2 Å². The lowest BCUT2D eigenvalue weighted by atomic mass is 9.98. The smallest absolute Gasteiger partial charge is 0.341 e. The summed E-state index contributed by atoms with van der Waals surface area (Å²) in [6.07, 6.45) is 0. The number of halogens is 1. The molecule has 0 saturated carbocycles. The van der Waals surface area contributed by atoms with Gasteiger partial charge in [0.15, 0.2) is 0 Å². The fourth-order valence-electron chi connectivity index (χ4n) is 2.89. The van der Waals surface area contributed by atoms with Gasteiger partial charge in [-0.15, -0.1) is 11.3 Å². The van der Waals surface area contributed by atoms with E-state index in [1.807, 2.05) is 17.5 Å². The standard InChI is InChI=1S/C23H22ClNO3S/c1-4-28-23(27)20-19(16-7-5-15(6-8-16)14(2)3)13-29-22(20)25-21(26)17-9-11-18(24)12-10-17/h5-14H,4H2,1-3H3,(H,25,26). The quantitative estimate of drug-likeness (QED) is 0.449. The minimum absolute atomic E-state index is 0.255. The zero-order chi connectivity index (χ0) is 21.0. The number of hydrogen-bond acceptors (Lipinski definition) is 4. The lowest BCUT2D eigenvalue weighted by Gasteiger charge is -2.10. The van der Waals surface area contributed by atoms with Crippen LogP contribution in [0.15, 0.2) is 53.9 Å². The first-order valence-electron chi connectivity index (χ1n) is 9.36. The Kier molecular flexibility index (Phi) is 6.72. The van der Waals surface area contributed by atoms with Crippen molar-refractivity contribution in [2.75, 3.05) is 11.9 Å². The molecule has 0 unspecified atom stereocenters. The van der Waals surface area contributed by atoms with Crippen molar-refractivity contribution in [1.29, 1.82) is 0 Å². The lowest BCUT2D eigenvalue weighted by molar-refractivity contribution is 0.0529. The summed E-state index contributed by atoms with van der Waals surface area (Å²) in [6.45, 7) is 6.28.